The molecule has 0 aromatic carbocycles. The predicted molar refractivity (Wildman–Crippen MR) is 62.5 cm³/mol. The molecule has 0 saturated heterocycles. The van der Waals surface area contributed by atoms with Crippen LogP contribution in [0.15, 0.2) is 0 Å². The van der Waals surface area contributed by atoms with Gasteiger partial charge in [-0.1, -0.05) is 0 Å². The van der Waals surface area contributed by atoms with Crippen molar-refractivity contribution in [2.45, 2.75) is 31.3 Å². The zero-order chi connectivity index (χ0) is 11.7. The third-order valence-corrected chi connectivity index (χ3v) is 5.30. The van der Waals surface area contributed by atoms with Crippen molar-refractivity contribution in [3.05, 3.63) is 0 Å². The molecule has 0 spiro atoms. The summed E-state index contributed by atoms with van der Waals surface area (Å²) in [6.07, 6.45) is 2.75. The van der Waals surface area contributed by atoms with Crippen molar-refractivity contribution in [1.29, 1.82) is 0 Å². The molecule has 0 fully saturated rings. The highest BCUT2D eigenvalue weighted by molar-refractivity contribution is 6.60. The molecule has 5 nitrogen and oxygen atoms in total. The highest BCUT2D eigenvalue weighted by Gasteiger charge is 2.37. The van der Waals surface area contributed by atoms with E-state index in [0.717, 1.165) is 25.3 Å². The molecule has 1 atom stereocenters. The third-order valence-electron chi connectivity index (χ3n) is 2.53. The molecular formula is C9H24N2O3Si. The van der Waals surface area contributed by atoms with Gasteiger partial charge in [0.05, 0.1) is 0 Å². The van der Waals surface area contributed by atoms with Gasteiger partial charge < -0.3 is 24.7 Å². The molecule has 0 aromatic rings. The summed E-state index contributed by atoms with van der Waals surface area (Å²) in [5.41, 5.74) is 11.3. The van der Waals surface area contributed by atoms with Gasteiger partial charge in [-0.2, -0.15) is 0 Å². The first-order valence-corrected chi connectivity index (χ1v) is 7.18. The van der Waals surface area contributed by atoms with Crippen LogP contribution < -0.4 is 11.5 Å². The lowest BCUT2D eigenvalue weighted by Gasteiger charge is -2.25. The topological polar surface area (TPSA) is 79.7 Å². The molecule has 0 bridgehead atoms. The summed E-state index contributed by atoms with van der Waals surface area (Å²) < 4.78 is 15.9. The van der Waals surface area contributed by atoms with E-state index in [1.165, 1.54) is 0 Å². The number of nitrogens with two attached hydrogens (primary N) is 2. The van der Waals surface area contributed by atoms with E-state index in [0.29, 0.717) is 6.54 Å². The first kappa shape index (κ1) is 15.0. The average molecular weight is 236 g/mol. The van der Waals surface area contributed by atoms with Crippen molar-refractivity contribution in [2.75, 3.05) is 27.9 Å². The van der Waals surface area contributed by atoms with Crippen LogP contribution in [0.5, 0.6) is 0 Å². The third kappa shape index (κ3) is 5.60. The average Bonchev–Trinajstić information content (AvgIpc) is 2.29. The van der Waals surface area contributed by atoms with Crippen LogP contribution in [-0.2, 0) is 13.3 Å². The smallest absolute Gasteiger partial charge is 0.377 e. The van der Waals surface area contributed by atoms with Gasteiger partial charge in [0.2, 0.25) is 0 Å². The van der Waals surface area contributed by atoms with Crippen molar-refractivity contribution >= 4 is 8.80 Å². The van der Waals surface area contributed by atoms with Gasteiger partial charge >= 0.3 is 8.80 Å². The quantitative estimate of drug-likeness (QED) is 0.564. The molecule has 0 amide bonds. The molecule has 4 N–H and O–H groups in total. The molecule has 0 rings (SSSR count). The van der Waals surface area contributed by atoms with Gasteiger partial charge in [-0.15, -0.1) is 0 Å². The van der Waals surface area contributed by atoms with Crippen LogP contribution in [0.2, 0.25) is 6.04 Å². The van der Waals surface area contributed by atoms with Crippen molar-refractivity contribution < 1.29 is 13.3 Å². The lowest BCUT2D eigenvalue weighted by atomic mass is 10.1. The SMILES string of the molecule is CO[Si](CCC(N)CCCN)(OC)OC. The standard InChI is InChI=1S/C9H24N2O3Si/c1-12-15(13-2,14-3)8-6-9(11)5-4-7-10/h9H,4-8,10-11H2,1-3H3. The Morgan fingerprint density at radius 1 is 1.07 bits per heavy atom. The zero-order valence-corrected chi connectivity index (χ0v) is 11.0. The van der Waals surface area contributed by atoms with E-state index >= 15 is 0 Å². The molecule has 0 aromatic heterocycles. The zero-order valence-electron chi connectivity index (χ0n) is 9.99. The molecule has 6 heteroatoms. The molecule has 92 valence electrons. The molecule has 0 aliphatic rings. The Balaban J connectivity index is 3.88. The lowest BCUT2D eigenvalue weighted by Crippen LogP contribution is -2.43. The Labute approximate surface area is 93.4 Å². The molecule has 0 saturated carbocycles. The fraction of sp³-hybridized carbons (Fsp3) is 1.00. The van der Waals surface area contributed by atoms with Crippen molar-refractivity contribution in [3.63, 3.8) is 0 Å². The van der Waals surface area contributed by atoms with Crippen LogP contribution in [0.1, 0.15) is 19.3 Å². The van der Waals surface area contributed by atoms with Crippen LogP contribution in [-0.4, -0.2) is 42.7 Å². The molecule has 15 heavy (non-hydrogen) atoms. The Kier molecular flexibility index (Phi) is 8.21. The van der Waals surface area contributed by atoms with Crippen molar-refractivity contribution in [3.8, 4) is 0 Å². The normalized spacial score (nSPS) is 14.2. The van der Waals surface area contributed by atoms with Crippen LogP contribution in [0.25, 0.3) is 0 Å². The van der Waals surface area contributed by atoms with Crippen LogP contribution in [0.4, 0.5) is 0 Å². The minimum Gasteiger partial charge on any atom is -0.377 e. The Hall–Kier alpha value is 0.0169. The first-order chi connectivity index (χ1) is 7.14. The van der Waals surface area contributed by atoms with E-state index < -0.39 is 8.80 Å². The fourth-order valence-electron chi connectivity index (χ4n) is 1.44. The van der Waals surface area contributed by atoms with E-state index in [-0.39, 0.29) is 6.04 Å². The predicted octanol–water partition coefficient (Wildman–Crippen LogP) is 0.321. The Morgan fingerprint density at radius 3 is 2.00 bits per heavy atom. The Bertz CT molecular complexity index is 148. The second-order valence-corrected chi connectivity index (χ2v) is 6.62. The van der Waals surface area contributed by atoms with Gasteiger partial charge in [-0.3, -0.25) is 0 Å². The summed E-state index contributed by atoms with van der Waals surface area (Å²) in [6.45, 7) is 0.690. The molecular weight excluding hydrogens is 212 g/mol. The summed E-state index contributed by atoms with van der Waals surface area (Å²) in [5, 5.41) is 0. The van der Waals surface area contributed by atoms with Gasteiger partial charge in [-0.25, -0.2) is 0 Å². The summed E-state index contributed by atoms with van der Waals surface area (Å²) in [6, 6.07) is 0.906. The summed E-state index contributed by atoms with van der Waals surface area (Å²) >= 11 is 0. The van der Waals surface area contributed by atoms with Gasteiger partial charge in [0, 0.05) is 33.4 Å². The van der Waals surface area contributed by atoms with Crippen molar-refractivity contribution in [2.24, 2.45) is 11.5 Å². The maximum absolute atomic E-state index is 5.93. The second kappa shape index (κ2) is 8.20. The summed E-state index contributed by atoms with van der Waals surface area (Å²) in [5.74, 6) is 0. The summed E-state index contributed by atoms with van der Waals surface area (Å²) in [4.78, 5) is 0. The summed E-state index contributed by atoms with van der Waals surface area (Å²) in [7, 11) is 2.42. The highest BCUT2D eigenvalue weighted by Crippen LogP contribution is 2.17. The van der Waals surface area contributed by atoms with Crippen molar-refractivity contribution in [1.82, 2.24) is 0 Å². The maximum Gasteiger partial charge on any atom is 0.500 e. The first-order valence-electron chi connectivity index (χ1n) is 5.25. The van der Waals surface area contributed by atoms with E-state index in [9.17, 15) is 0 Å². The molecule has 0 heterocycles. The minimum atomic E-state index is -2.43. The van der Waals surface area contributed by atoms with Crippen LogP contribution in [0, 0.1) is 0 Å². The van der Waals surface area contributed by atoms with Crippen LogP contribution in [0.3, 0.4) is 0 Å². The molecule has 0 radical (unpaired) electrons. The molecule has 0 aliphatic carbocycles. The van der Waals surface area contributed by atoms with Gasteiger partial charge in [0.15, 0.2) is 0 Å². The Morgan fingerprint density at radius 2 is 1.60 bits per heavy atom. The van der Waals surface area contributed by atoms with Gasteiger partial charge in [0.1, 0.15) is 0 Å². The largest absolute Gasteiger partial charge is 0.500 e. The van der Waals surface area contributed by atoms with E-state index in [4.69, 9.17) is 24.7 Å². The number of hydrogen-bond donors (Lipinski definition) is 2. The van der Waals surface area contributed by atoms with E-state index in [1.807, 2.05) is 0 Å². The minimum absolute atomic E-state index is 0.154. The number of rotatable bonds is 9. The molecule has 1 unspecified atom stereocenters. The van der Waals surface area contributed by atoms with Gasteiger partial charge in [-0.05, 0) is 25.8 Å². The fourth-order valence-corrected chi connectivity index (χ4v) is 3.28. The van der Waals surface area contributed by atoms with Crippen LogP contribution >= 0.6 is 0 Å². The lowest BCUT2D eigenvalue weighted by molar-refractivity contribution is 0.122. The second-order valence-electron chi connectivity index (χ2n) is 3.53. The van der Waals surface area contributed by atoms with E-state index in [2.05, 4.69) is 0 Å². The monoisotopic (exact) mass is 236 g/mol. The maximum atomic E-state index is 5.93. The van der Waals surface area contributed by atoms with Gasteiger partial charge in [0.25, 0.3) is 0 Å². The van der Waals surface area contributed by atoms with E-state index in [1.54, 1.807) is 21.3 Å². The molecule has 0 aliphatic heterocycles. The number of hydrogen-bond acceptors (Lipinski definition) is 5. The highest BCUT2D eigenvalue weighted by atomic mass is 28.4.